The zero-order chi connectivity index (χ0) is 30.5. The SMILES string of the molecule is COCOC(C=O)Cn1c(=O)cnc2ccc(OC)nc21.COCOC(CO)Cn1c(=O)cnc2ccc(OC)nc21. The molecule has 16 heteroatoms. The molecule has 226 valence electrons. The average Bonchev–Trinajstić information content (AvgIpc) is 3.02. The Balaban J connectivity index is 0.000000230. The minimum Gasteiger partial charge on any atom is -0.481 e. The summed E-state index contributed by atoms with van der Waals surface area (Å²) in [6, 6.07) is 6.70. The molecule has 4 rings (SSSR count). The van der Waals surface area contributed by atoms with Crippen molar-refractivity contribution < 1.29 is 38.3 Å². The summed E-state index contributed by atoms with van der Waals surface area (Å²) in [5.74, 6) is 0.728. The minimum atomic E-state index is -0.818. The summed E-state index contributed by atoms with van der Waals surface area (Å²) in [6.45, 7) is -0.107. The summed E-state index contributed by atoms with van der Waals surface area (Å²) < 4.78 is 32.8. The zero-order valence-electron chi connectivity index (χ0n) is 23.5. The normalized spacial score (nSPS) is 12.4. The molecule has 4 aromatic rings. The molecule has 0 aromatic carbocycles. The van der Waals surface area contributed by atoms with Gasteiger partial charge in [0.15, 0.2) is 17.6 Å². The standard InChI is InChI=1S/C13H17N3O5.C13H15N3O5/c2*1-19-8-21-9(7-17)6-16-12(18)5-14-10-3-4-11(20-2)15-13(10)16/h3-5,9,17H,6-8H2,1-2H3;3-5,7,9H,6,8H2,1-2H3. The fourth-order valence-electron chi connectivity index (χ4n) is 3.63. The molecular weight excluding hydrogens is 556 g/mol. The molecule has 0 amide bonds. The number of aldehydes is 1. The van der Waals surface area contributed by atoms with Gasteiger partial charge >= 0.3 is 0 Å². The van der Waals surface area contributed by atoms with Crippen LogP contribution in [-0.2, 0) is 36.8 Å². The van der Waals surface area contributed by atoms with Gasteiger partial charge in [0.25, 0.3) is 11.1 Å². The predicted octanol–water partition coefficient (Wildman–Crippen LogP) is -0.230. The van der Waals surface area contributed by atoms with E-state index in [1.165, 1.54) is 50.0 Å². The first-order valence-electron chi connectivity index (χ1n) is 12.5. The summed E-state index contributed by atoms with van der Waals surface area (Å²) in [7, 11) is 5.89. The first-order chi connectivity index (χ1) is 20.4. The van der Waals surface area contributed by atoms with Crippen LogP contribution in [-0.4, -0.2) is 101 Å². The quantitative estimate of drug-likeness (QED) is 0.150. The number of hydrogen-bond acceptors (Lipinski definition) is 14. The first-order valence-corrected chi connectivity index (χ1v) is 12.5. The Bertz CT molecular complexity index is 1580. The van der Waals surface area contributed by atoms with Crippen LogP contribution in [0.25, 0.3) is 22.3 Å². The van der Waals surface area contributed by atoms with Crippen molar-refractivity contribution >= 4 is 28.6 Å². The maximum Gasteiger partial charge on any atom is 0.270 e. The first kappa shape index (κ1) is 32.2. The number of carbonyl (C=O) groups is 1. The Morgan fingerprint density at radius 2 is 1.29 bits per heavy atom. The summed E-state index contributed by atoms with van der Waals surface area (Å²) >= 11 is 0. The largest absolute Gasteiger partial charge is 0.481 e. The van der Waals surface area contributed by atoms with Gasteiger partial charge in [-0.15, -0.1) is 0 Å². The van der Waals surface area contributed by atoms with Crippen LogP contribution in [0, 0.1) is 0 Å². The number of carbonyl (C=O) groups excluding carboxylic acids is 1. The average molecular weight is 589 g/mol. The molecule has 4 heterocycles. The van der Waals surface area contributed by atoms with Crippen molar-refractivity contribution in [1.82, 2.24) is 29.1 Å². The lowest BCUT2D eigenvalue weighted by Crippen LogP contribution is -2.31. The molecule has 2 unspecified atom stereocenters. The number of nitrogens with zero attached hydrogens (tertiary/aromatic N) is 6. The van der Waals surface area contributed by atoms with Gasteiger partial charge in [0, 0.05) is 26.4 Å². The molecule has 0 aliphatic rings. The third-order valence-electron chi connectivity index (χ3n) is 5.67. The maximum atomic E-state index is 12.0. The van der Waals surface area contributed by atoms with E-state index in [1.54, 1.807) is 24.3 Å². The van der Waals surface area contributed by atoms with Crippen LogP contribution in [0.4, 0.5) is 0 Å². The topological polar surface area (TPSA) is 188 Å². The minimum absolute atomic E-state index is 0.0187. The summed E-state index contributed by atoms with van der Waals surface area (Å²) in [5, 5.41) is 9.32. The van der Waals surface area contributed by atoms with Gasteiger partial charge in [-0.1, -0.05) is 0 Å². The molecule has 0 saturated heterocycles. The van der Waals surface area contributed by atoms with Crippen LogP contribution in [0.5, 0.6) is 11.8 Å². The van der Waals surface area contributed by atoms with E-state index in [2.05, 4.69) is 19.9 Å². The van der Waals surface area contributed by atoms with E-state index in [-0.39, 0.29) is 44.4 Å². The highest BCUT2D eigenvalue weighted by Gasteiger charge is 2.15. The van der Waals surface area contributed by atoms with Crippen molar-refractivity contribution in [3.63, 3.8) is 0 Å². The highest BCUT2D eigenvalue weighted by atomic mass is 16.7. The Kier molecular flexibility index (Phi) is 12.4. The summed E-state index contributed by atoms with van der Waals surface area (Å²) in [6.07, 6.45) is 1.59. The van der Waals surface area contributed by atoms with Crippen LogP contribution in [0.3, 0.4) is 0 Å². The highest BCUT2D eigenvalue weighted by molar-refractivity contribution is 5.71. The molecular formula is C26H32N6O10. The number of fused-ring (bicyclic) bond motifs is 2. The van der Waals surface area contributed by atoms with Crippen LogP contribution in [0.15, 0.2) is 46.2 Å². The summed E-state index contributed by atoms with van der Waals surface area (Å²) in [4.78, 5) is 51.5. The van der Waals surface area contributed by atoms with Crippen LogP contribution in [0.2, 0.25) is 0 Å². The highest BCUT2D eigenvalue weighted by Crippen LogP contribution is 2.14. The maximum absolute atomic E-state index is 12.0. The monoisotopic (exact) mass is 588 g/mol. The van der Waals surface area contributed by atoms with Crippen LogP contribution >= 0.6 is 0 Å². The van der Waals surface area contributed by atoms with E-state index in [0.29, 0.717) is 40.4 Å². The van der Waals surface area contributed by atoms with E-state index >= 15 is 0 Å². The molecule has 42 heavy (non-hydrogen) atoms. The van der Waals surface area contributed by atoms with E-state index < -0.39 is 12.2 Å². The molecule has 0 radical (unpaired) electrons. The van der Waals surface area contributed by atoms with Crippen molar-refractivity contribution in [3.8, 4) is 11.8 Å². The molecule has 0 spiro atoms. The molecule has 1 N–H and O–H groups in total. The number of pyridine rings is 2. The van der Waals surface area contributed by atoms with Crippen molar-refractivity contribution in [2.75, 3.05) is 48.6 Å². The van der Waals surface area contributed by atoms with Gasteiger partial charge in [0.05, 0.1) is 46.3 Å². The second-order valence-corrected chi connectivity index (χ2v) is 8.43. The molecule has 2 atom stereocenters. The lowest BCUT2D eigenvalue weighted by Gasteiger charge is -2.17. The van der Waals surface area contributed by atoms with Crippen LogP contribution in [0.1, 0.15) is 0 Å². The zero-order valence-corrected chi connectivity index (χ0v) is 23.5. The fourth-order valence-corrected chi connectivity index (χ4v) is 3.63. The van der Waals surface area contributed by atoms with Crippen molar-refractivity contribution in [1.29, 1.82) is 0 Å². The predicted molar refractivity (Wildman–Crippen MR) is 147 cm³/mol. The van der Waals surface area contributed by atoms with Gasteiger partial charge in [0.2, 0.25) is 11.8 Å². The number of rotatable bonds is 14. The van der Waals surface area contributed by atoms with Crippen molar-refractivity contribution in [3.05, 3.63) is 57.4 Å². The van der Waals surface area contributed by atoms with Gasteiger partial charge in [-0.2, -0.15) is 9.97 Å². The fraction of sp³-hybridized carbons (Fsp3) is 0.423. The van der Waals surface area contributed by atoms with Gasteiger partial charge in [-0.25, -0.2) is 9.97 Å². The number of ether oxygens (including phenoxy) is 6. The van der Waals surface area contributed by atoms with E-state index in [0.717, 1.165) is 0 Å². The van der Waals surface area contributed by atoms with E-state index in [1.807, 2.05) is 0 Å². The molecule has 0 saturated carbocycles. The summed E-state index contributed by atoms with van der Waals surface area (Å²) in [5.41, 5.74) is 1.07. The lowest BCUT2D eigenvalue weighted by molar-refractivity contribution is -0.128. The number of hydrogen-bond donors (Lipinski definition) is 1. The van der Waals surface area contributed by atoms with Gasteiger partial charge in [-0.3, -0.25) is 18.7 Å². The molecule has 0 bridgehead atoms. The van der Waals surface area contributed by atoms with E-state index in [9.17, 15) is 19.5 Å². The number of aromatic nitrogens is 6. The second-order valence-electron chi connectivity index (χ2n) is 8.43. The molecule has 4 aromatic heterocycles. The van der Waals surface area contributed by atoms with Gasteiger partial charge in [-0.05, 0) is 12.1 Å². The van der Waals surface area contributed by atoms with Gasteiger partial charge < -0.3 is 38.3 Å². The Morgan fingerprint density at radius 3 is 1.74 bits per heavy atom. The molecule has 0 aliphatic carbocycles. The number of methoxy groups -OCH3 is 4. The number of aliphatic hydroxyl groups excluding tert-OH is 1. The molecule has 16 nitrogen and oxygen atoms in total. The number of aliphatic hydroxyl groups is 1. The third-order valence-corrected chi connectivity index (χ3v) is 5.67. The Morgan fingerprint density at radius 1 is 0.786 bits per heavy atom. The van der Waals surface area contributed by atoms with Gasteiger partial charge in [0.1, 0.15) is 36.8 Å². The Labute approximate surface area is 239 Å². The van der Waals surface area contributed by atoms with Crippen molar-refractivity contribution in [2.24, 2.45) is 0 Å². The molecule has 0 fully saturated rings. The second kappa shape index (κ2) is 16.2. The van der Waals surface area contributed by atoms with E-state index in [4.69, 9.17) is 28.4 Å². The molecule has 0 aliphatic heterocycles. The smallest absolute Gasteiger partial charge is 0.270 e. The van der Waals surface area contributed by atoms with Crippen LogP contribution < -0.4 is 20.6 Å². The lowest BCUT2D eigenvalue weighted by atomic mass is 10.3. The van der Waals surface area contributed by atoms with Crippen molar-refractivity contribution in [2.45, 2.75) is 25.3 Å². The third kappa shape index (κ3) is 8.34. The Hall–Kier alpha value is -4.35.